The molecule has 1 aliphatic heterocycles. The lowest BCUT2D eigenvalue weighted by atomic mass is 10.0. The van der Waals surface area contributed by atoms with Crippen molar-refractivity contribution in [3.8, 4) is 0 Å². The van der Waals surface area contributed by atoms with Crippen molar-refractivity contribution in [2.45, 2.75) is 32.0 Å². The summed E-state index contributed by atoms with van der Waals surface area (Å²) in [5.74, 6) is 0.146. The van der Waals surface area contributed by atoms with E-state index in [0.717, 1.165) is 16.6 Å². The molecule has 4 nitrogen and oxygen atoms in total. The summed E-state index contributed by atoms with van der Waals surface area (Å²) in [5, 5.41) is 9.30. The van der Waals surface area contributed by atoms with Gasteiger partial charge >= 0.3 is 0 Å². The van der Waals surface area contributed by atoms with Crippen LogP contribution in [0.1, 0.15) is 30.6 Å². The number of rotatable bonds is 5. The van der Waals surface area contributed by atoms with E-state index in [-0.39, 0.29) is 24.1 Å². The minimum Gasteiger partial charge on any atom is -0.394 e. The Morgan fingerprint density at radius 3 is 2.71 bits per heavy atom. The summed E-state index contributed by atoms with van der Waals surface area (Å²) in [6, 6.07) is 7.44. The Labute approximate surface area is 134 Å². The van der Waals surface area contributed by atoms with E-state index in [1.54, 1.807) is 0 Å². The number of ether oxygens (including phenoxy) is 1. The summed E-state index contributed by atoms with van der Waals surface area (Å²) in [4.78, 5) is 14.4. The van der Waals surface area contributed by atoms with E-state index < -0.39 is 0 Å². The van der Waals surface area contributed by atoms with Gasteiger partial charge in [0.1, 0.15) is 0 Å². The van der Waals surface area contributed by atoms with Gasteiger partial charge in [0.15, 0.2) is 5.78 Å². The van der Waals surface area contributed by atoms with E-state index in [9.17, 15) is 9.90 Å². The van der Waals surface area contributed by atoms with Crippen LogP contribution in [0.3, 0.4) is 0 Å². The second-order valence-electron chi connectivity index (χ2n) is 6.10. The molecule has 116 valence electrons. The highest BCUT2D eigenvalue weighted by molar-refractivity contribution is 9.10. The number of halogens is 1. The molecule has 0 bridgehead atoms. The molecular formula is C16H22BrNO3. The topological polar surface area (TPSA) is 49.8 Å². The molecule has 5 heteroatoms. The lowest BCUT2D eigenvalue weighted by Gasteiger charge is -2.42. The third kappa shape index (κ3) is 4.88. The molecule has 1 heterocycles. The molecule has 1 saturated heterocycles. The highest BCUT2D eigenvalue weighted by atomic mass is 79.9. The van der Waals surface area contributed by atoms with E-state index in [1.807, 2.05) is 38.1 Å². The fourth-order valence-corrected chi connectivity index (χ4v) is 2.99. The summed E-state index contributed by atoms with van der Waals surface area (Å²) in [6.45, 7) is 6.18. The van der Waals surface area contributed by atoms with Gasteiger partial charge in [-0.2, -0.15) is 0 Å². The van der Waals surface area contributed by atoms with Crippen LogP contribution >= 0.6 is 15.9 Å². The molecular weight excluding hydrogens is 334 g/mol. The number of Topliss-reactive ketones (excluding diaryl/α,β-unsaturated/α-hetero) is 1. The van der Waals surface area contributed by atoms with Crippen LogP contribution < -0.4 is 0 Å². The van der Waals surface area contributed by atoms with Gasteiger partial charge in [-0.3, -0.25) is 9.69 Å². The molecule has 1 unspecified atom stereocenters. The van der Waals surface area contributed by atoms with Crippen molar-refractivity contribution >= 4 is 21.7 Å². The average Bonchev–Trinajstić information content (AvgIpc) is 2.44. The van der Waals surface area contributed by atoms with Crippen molar-refractivity contribution in [1.29, 1.82) is 0 Å². The fourth-order valence-electron chi connectivity index (χ4n) is 2.72. The van der Waals surface area contributed by atoms with Crippen LogP contribution in [0.15, 0.2) is 28.7 Å². The van der Waals surface area contributed by atoms with Crippen molar-refractivity contribution in [2.75, 3.05) is 26.2 Å². The molecule has 2 rings (SSSR count). The molecule has 1 N–H and O–H groups in total. The molecule has 1 aliphatic rings. The summed E-state index contributed by atoms with van der Waals surface area (Å²) in [6.07, 6.45) is 0.312. The molecule has 0 amide bonds. The number of morpholine rings is 1. The standard InChI is InChI=1S/C16H22BrNO3/c1-16(2)11-18(9-14(10-19)21-16)8-7-15(20)12-3-5-13(17)6-4-12/h3-6,14,19H,7-11H2,1-2H3. The lowest BCUT2D eigenvalue weighted by molar-refractivity contribution is -0.148. The quantitative estimate of drug-likeness (QED) is 0.824. The van der Waals surface area contributed by atoms with E-state index in [1.165, 1.54) is 0 Å². The number of aliphatic hydroxyl groups excluding tert-OH is 1. The van der Waals surface area contributed by atoms with Gasteiger partial charge in [0, 0.05) is 36.1 Å². The first-order valence-electron chi connectivity index (χ1n) is 7.19. The molecule has 1 fully saturated rings. The molecule has 0 radical (unpaired) electrons. The number of carbonyl (C=O) groups excluding carboxylic acids is 1. The molecule has 0 spiro atoms. The van der Waals surface area contributed by atoms with Gasteiger partial charge < -0.3 is 9.84 Å². The summed E-state index contributed by atoms with van der Waals surface area (Å²) < 4.78 is 6.75. The Balaban J connectivity index is 1.90. The van der Waals surface area contributed by atoms with Gasteiger partial charge in [0.2, 0.25) is 0 Å². The first kappa shape index (κ1) is 16.6. The number of carbonyl (C=O) groups is 1. The zero-order valence-corrected chi connectivity index (χ0v) is 14.1. The van der Waals surface area contributed by atoms with E-state index in [2.05, 4.69) is 20.8 Å². The average molecular weight is 356 g/mol. The van der Waals surface area contributed by atoms with Crippen molar-refractivity contribution in [3.63, 3.8) is 0 Å². The molecule has 0 saturated carbocycles. The smallest absolute Gasteiger partial charge is 0.164 e. The number of ketones is 1. The van der Waals surface area contributed by atoms with Gasteiger partial charge in [-0.05, 0) is 26.0 Å². The largest absolute Gasteiger partial charge is 0.394 e. The monoisotopic (exact) mass is 355 g/mol. The van der Waals surface area contributed by atoms with Gasteiger partial charge in [0.25, 0.3) is 0 Å². The van der Waals surface area contributed by atoms with Crippen molar-refractivity contribution in [2.24, 2.45) is 0 Å². The zero-order valence-electron chi connectivity index (χ0n) is 12.5. The van der Waals surface area contributed by atoms with Gasteiger partial charge in [-0.1, -0.05) is 28.1 Å². The Morgan fingerprint density at radius 1 is 1.43 bits per heavy atom. The first-order chi connectivity index (χ1) is 9.89. The van der Waals surface area contributed by atoms with Crippen LogP contribution in [-0.4, -0.2) is 53.7 Å². The van der Waals surface area contributed by atoms with Crippen LogP contribution in [0.5, 0.6) is 0 Å². The van der Waals surface area contributed by atoms with Gasteiger partial charge in [-0.15, -0.1) is 0 Å². The van der Waals surface area contributed by atoms with Crippen molar-refractivity contribution in [3.05, 3.63) is 34.3 Å². The highest BCUT2D eigenvalue weighted by Gasteiger charge is 2.32. The van der Waals surface area contributed by atoms with Crippen LogP contribution in [0.2, 0.25) is 0 Å². The summed E-state index contributed by atoms with van der Waals surface area (Å²) >= 11 is 3.37. The predicted molar refractivity (Wildman–Crippen MR) is 85.6 cm³/mol. The maximum Gasteiger partial charge on any atom is 0.164 e. The van der Waals surface area contributed by atoms with Crippen LogP contribution in [0, 0.1) is 0 Å². The zero-order chi connectivity index (χ0) is 15.5. The number of hydrogen-bond donors (Lipinski definition) is 1. The second-order valence-corrected chi connectivity index (χ2v) is 7.01. The number of nitrogens with zero attached hydrogens (tertiary/aromatic N) is 1. The van der Waals surface area contributed by atoms with E-state index in [0.29, 0.717) is 19.5 Å². The number of benzene rings is 1. The normalized spacial score (nSPS) is 22.2. The third-order valence-electron chi connectivity index (χ3n) is 3.58. The van der Waals surface area contributed by atoms with Crippen LogP contribution in [-0.2, 0) is 4.74 Å². The molecule has 21 heavy (non-hydrogen) atoms. The van der Waals surface area contributed by atoms with Gasteiger partial charge in [-0.25, -0.2) is 0 Å². The summed E-state index contributed by atoms with van der Waals surface area (Å²) in [7, 11) is 0. The molecule has 1 atom stereocenters. The minimum atomic E-state index is -0.285. The van der Waals surface area contributed by atoms with E-state index >= 15 is 0 Å². The fraction of sp³-hybridized carbons (Fsp3) is 0.562. The van der Waals surface area contributed by atoms with E-state index in [4.69, 9.17) is 4.74 Å². The Kier molecular flexibility index (Phi) is 5.54. The number of hydrogen-bond acceptors (Lipinski definition) is 4. The van der Waals surface area contributed by atoms with Crippen LogP contribution in [0.25, 0.3) is 0 Å². The maximum atomic E-state index is 12.2. The Morgan fingerprint density at radius 2 is 2.10 bits per heavy atom. The first-order valence-corrected chi connectivity index (χ1v) is 7.99. The van der Waals surface area contributed by atoms with Gasteiger partial charge in [0.05, 0.1) is 18.3 Å². The van der Waals surface area contributed by atoms with Crippen molar-refractivity contribution in [1.82, 2.24) is 4.90 Å². The Hall–Kier alpha value is -0.750. The molecule has 1 aromatic carbocycles. The highest BCUT2D eigenvalue weighted by Crippen LogP contribution is 2.21. The SMILES string of the molecule is CC1(C)CN(CCC(=O)c2ccc(Br)cc2)CC(CO)O1. The maximum absolute atomic E-state index is 12.2. The Bertz CT molecular complexity index is 487. The van der Waals surface area contributed by atoms with Crippen LogP contribution in [0.4, 0.5) is 0 Å². The molecule has 0 aliphatic carbocycles. The molecule has 0 aromatic heterocycles. The van der Waals surface area contributed by atoms with Crippen molar-refractivity contribution < 1.29 is 14.6 Å². The predicted octanol–water partition coefficient (Wildman–Crippen LogP) is 2.49. The number of aliphatic hydroxyl groups is 1. The molecule has 1 aromatic rings. The lowest BCUT2D eigenvalue weighted by Crippen LogP contribution is -2.54. The minimum absolute atomic E-state index is 0.0145. The summed E-state index contributed by atoms with van der Waals surface area (Å²) in [5.41, 5.74) is 0.455. The third-order valence-corrected chi connectivity index (χ3v) is 4.11. The second kappa shape index (κ2) is 7.01.